The highest BCUT2D eigenvalue weighted by atomic mass is 19.1. The predicted octanol–water partition coefficient (Wildman–Crippen LogP) is 2.82. The second kappa shape index (κ2) is 6.77. The van der Waals surface area contributed by atoms with Gasteiger partial charge >= 0.3 is 6.16 Å². The molecule has 0 radical (unpaired) electrons. The van der Waals surface area contributed by atoms with Crippen LogP contribution in [-0.4, -0.2) is 53.8 Å². The lowest BCUT2D eigenvalue weighted by Crippen LogP contribution is -2.32. The van der Waals surface area contributed by atoms with Gasteiger partial charge in [0.2, 0.25) is 0 Å². The van der Waals surface area contributed by atoms with Crippen LogP contribution in [0.15, 0.2) is 17.1 Å². The molecule has 0 amide bonds. The van der Waals surface area contributed by atoms with Crippen LogP contribution in [-0.2, 0) is 0 Å². The van der Waals surface area contributed by atoms with Crippen LogP contribution in [0.2, 0.25) is 0 Å². The number of carboxylic acid groups (broad SMARTS) is 1. The minimum Gasteiger partial charge on any atom is -0.449 e. The molecular weight excluding hydrogens is 365 g/mol. The summed E-state index contributed by atoms with van der Waals surface area (Å²) in [5.41, 5.74) is 2.08. The van der Waals surface area contributed by atoms with Crippen molar-refractivity contribution in [3.05, 3.63) is 39.6 Å². The van der Waals surface area contributed by atoms with Crippen LogP contribution in [0.3, 0.4) is 0 Å². The fraction of sp³-hybridized carbons (Fsp3) is 0.500. The number of likely N-dealkylation sites (N-methyl/N-ethyl adjacent to an activating group) is 1. The summed E-state index contributed by atoms with van der Waals surface area (Å²) in [7, 11) is 4.04. The van der Waals surface area contributed by atoms with Crippen molar-refractivity contribution in [3.8, 4) is 5.75 Å². The second-order valence-corrected chi connectivity index (χ2v) is 7.93. The third-order valence-electron chi connectivity index (χ3n) is 5.83. The van der Waals surface area contributed by atoms with E-state index >= 15 is 4.39 Å². The van der Waals surface area contributed by atoms with Gasteiger partial charge in [0.15, 0.2) is 11.6 Å². The molecule has 1 aliphatic carbocycles. The fourth-order valence-corrected chi connectivity index (χ4v) is 4.24. The third-order valence-corrected chi connectivity index (χ3v) is 5.83. The number of rotatable bonds is 4. The normalized spacial score (nSPS) is 19.6. The largest absolute Gasteiger partial charge is 0.511 e. The molecule has 1 atom stereocenters. The van der Waals surface area contributed by atoms with E-state index in [1.54, 1.807) is 0 Å². The SMILES string of the molecule is Cc1c(N2CC[C@@H](N(C)C)C2)c(F)cn2c(=O)c(OC(=O)O)cc(C3CC3)c12. The van der Waals surface area contributed by atoms with Crippen molar-refractivity contribution in [1.29, 1.82) is 0 Å². The zero-order valence-corrected chi connectivity index (χ0v) is 16.2. The maximum absolute atomic E-state index is 15.1. The van der Waals surface area contributed by atoms with Crippen molar-refractivity contribution in [2.75, 3.05) is 32.1 Å². The van der Waals surface area contributed by atoms with Gasteiger partial charge in [-0.2, -0.15) is 0 Å². The molecule has 2 aromatic rings. The first-order valence-electron chi connectivity index (χ1n) is 9.48. The van der Waals surface area contributed by atoms with E-state index < -0.39 is 17.5 Å². The summed E-state index contributed by atoms with van der Waals surface area (Å²) in [6, 6.07) is 1.87. The van der Waals surface area contributed by atoms with Crippen LogP contribution in [0, 0.1) is 12.7 Å². The minimum absolute atomic E-state index is 0.233. The van der Waals surface area contributed by atoms with Gasteiger partial charge in [0.25, 0.3) is 5.56 Å². The smallest absolute Gasteiger partial charge is 0.449 e. The summed E-state index contributed by atoms with van der Waals surface area (Å²) in [6.07, 6.45) is 2.48. The number of pyridine rings is 2. The molecule has 3 heterocycles. The highest BCUT2D eigenvalue weighted by molar-refractivity contribution is 5.74. The molecule has 150 valence electrons. The number of anilines is 1. The number of halogens is 1. The van der Waals surface area contributed by atoms with E-state index in [-0.39, 0.29) is 11.7 Å². The summed E-state index contributed by atoms with van der Waals surface area (Å²) >= 11 is 0. The number of aryl methyl sites for hydroxylation is 1. The van der Waals surface area contributed by atoms with Gasteiger partial charge in [0.05, 0.1) is 17.4 Å². The first-order valence-corrected chi connectivity index (χ1v) is 9.48. The van der Waals surface area contributed by atoms with Gasteiger partial charge < -0.3 is 19.6 Å². The molecule has 28 heavy (non-hydrogen) atoms. The Labute approximate surface area is 161 Å². The lowest BCUT2D eigenvalue weighted by atomic mass is 10.0. The Hall–Kier alpha value is -2.61. The molecular formula is C20H24FN3O4. The Balaban J connectivity index is 1.90. The van der Waals surface area contributed by atoms with E-state index in [1.165, 1.54) is 16.7 Å². The van der Waals surface area contributed by atoms with E-state index in [1.807, 2.05) is 25.9 Å². The van der Waals surface area contributed by atoms with Crippen molar-refractivity contribution in [2.24, 2.45) is 0 Å². The molecule has 0 spiro atoms. The highest BCUT2D eigenvalue weighted by Crippen LogP contribution is 2.44. The number of hydrogen-bond donors (Lipinski definition) is 1. The molecule has 0 aromatic carbocycles. The summed E-state index contributed by atoms with van der Waals surface area (Å²) in [5, 5.41) is 8.92. The van der Waals surface area contributed by atoms with Crippen molar-refractivity contribution in [1.82, 2.24) is 9.30 Å². The maximum Gasteiger partial charge on any atom is 0.511 e. The average Bonchev–Trinajstić information content (AvgIpc) is 3.34. The molecule has 1 saturated carbocycles. The van der Waals surface area contributed by atoms with Crippen LogP contribution in [0.5, 0.6) is 5.75 Å². The third kappa shape index (κ3) is 3.11. The molecule has 0 unspecified atom stereocenters. The standard InChI is InChI=1S/C20H24FN3O4/c1-11-17-14(12-4-5-12)8-16(28-20(26)27)19(25)24(17)10-15(21)18(11)23-7-6-13(9-23)22(2)3/h8,10,12-13H,4-7,9H2,1-3H3,(H,26,27)/t13-/m1/s1. The highest BCUT2D eigenvalue weighted by Gasteiger charge is 2.32. The number of ether oxygens (including phenoxy) is 1. The molecule has 1 N–H and O–H groups in total. The minimum atomic E-state index is -1.56. The zero-order valence-electron chi connectivity index (χ0n) is 16.2. The molecule has 1 aliphatic heterocycles. The Morgan fingerprint density at radius 2 is 2.04 bits per heavy atom. The van der Waals surface area contributed by atoms with Gasteiger partial charge in [-0.1, -0.05) is 0 Å². The topological polar surface area (TPSA) is 74.5 Å². The van der Waals surface area contributed by atoms with Crippen molar-refractivity contribution >= 4 is 17.4 Å². The summed E-state index contributed by atoms with van der Waals surface area (Å²) in [4.78, 5) is 27.9. The molecule has 2 aromatic heterocycles. The average molecular weight is 389 g/mol. The Morgan fingerprint density at radius 3 is 2.61 bits per heavy atom. The molecule has 8 heteroatoms. The van der Waals surface area contributed by atoms with E-state index in [0.717, 1.165) is 37.9 Å². The van der Waals surface area contributed by atoms with Gasteiger partial charge in [-0.25, -0.2) is 9.18 Å². The number of hydrogen-bond acceptors (Lipinski definition) is 5. The van der Waals surface area contributed by atoms with Gasteiger partial charge in [-0.05, 0) is 63.4 Å². The van der Waals surface area contributed by atoms with Crippen LogP contribution in [0.25, 0.3) is 5.52 Å². The first kappa shape index (κ1) is 18.7. The second-order valence-electron chi connectivity index (χ2n) is 7.93. The van der Waals surface area contributed by atoms with Gasteiger partial charge in [-0.15, -0.1) is 0 Å². The van der Waals surface area contributed by atoms with E-state index in [2.05, 4.69) is 9.64 Å². The number of aromatic nitrogens is 1. The van der Waals surface area contributed by atoms with Crippen LogP contribution in [0.1, 0.15) is 36.3 Å². The summed E-state index contributed by atoms with van der Waals surface area (Å²) in [6.45, 7) is 3.31. The van der Waals surface area contributed by atoms with E-state index in [4.69, 9.17) is 5.11 Å². The number of carbonyl (C=O) groups is 1. The number of nitrogens with zero attached hydrogens (tertiary/aromatic N) is 3. The van der Waals surface area contributed by atoms with Crippen molar-refractivity contribution in [3.63, 3.8) is 0 Å². The van der Waals surface area contributed by atoms with Crippen LogP contribution < -0.4 is 15.2 Å². The molecule has 4 rings (SSSR count). The molecule has 2 fully saturated rings. The Bertz CT molecular complexity index is 1010. The monoisotopic (exact) mass is 389 g/mol. The quantitative estimate of drug-likeness (QED) is 0.811. The van der Waals surface area contributed by atoms with Crippen molar-refractivity contribution in [2.45, 2.75) is 38.1 Å². The summed E-state index contributed by atoms with van der Waals surface area (Å²) in [5.74, 6) is -0.537. The van der Waals surface area contributed by atoms with Crippen molar-refractivity contribution < 1.29 is 19.0 Å². The molecule has 1 saturated heterocycles. The van der Waals surface area contributed by atoms with Gasteiger partial charge in [0, 0.05) is 19.1 Å². The van der Waals surface area contributed by atoms with E-state index in [9.17, 15) is 9.59 Å². The Morgan fingerprint density at radius 1 is 1.32 bits per heavy atom. The van der Waals surface area contributed by atoms with E-state index in [0.29, 0.717) is 22.8 Å². The fourth-order valence-electron chi connectivity index (χ4n) is 4.24. The maximum atomic E-state index is 15.1. The lowest BCUT2D eigenvalue weighted by molar-refractivity contribution is 0.143. The molecule has 2 aliphatic rings. The summed E-state index contributed by atoms with van der Waals surface area (Å²) < 4.78 is 21.0. The molecule has 0 bridgehead atoms. The molecule has 7 nitrogen and oxygen atoms in total. The number of fused-ring (bicyclic) bond motifs is 1. The predicted molar refractivity (Wildman–Crippen MR) is 103 cm³/mol. The Kier molecular flexibility index (Phi) is 4.53. The van der Waals surface area contributed by atoms with Gasteiger partial charge in [0.1, 0.15) is 0 Å². The van der Waals surface area contributed by atoms with Crippen LogP contribution >= 0.6 is 0 Å². The van der Waals surface area contributed by atoms with Crippen LogP contribution in [0.4, 0.5) is 14.9 Å². The van der Waals surface area contributed by atoms with Gasteiger partial charge in [-0.3, -0.25) is 9.20 Å². The zero-order chi connectivity index (χ0) is 20.2. The lowest BCUT2D eigenvalue weighted by Gasteiger charge is -2.25. The first-order chi connectivity index (χ1) is 13.3.